The highest BCUT2D eigenvalue weighted by Crippen LogP contribution is 2.76. The summed E-state index contributed by atoms with van der Waals surface area (Å²) in [5.74, 6) is -0.705. The molecule has 0 aromatic rings. The number of carbonyl (C=O) groups is 1. The van der Waals surface area contributed by atoms with Gasteiger partial charge in [-0.3, -0.25) is 4.79 Å². The van der Waals surface area contributed by atoms with E-state index >= 15 is 0 Å². The van der Waals surface area contributed by atoms with Crippen molar-refractivity contribution < 1.29 is 55.1 Å². The van der Waals surface area contributed by atoms with Crippen LogP contribution in [0.2, 0.25) is 0 Å². The molecule has 1 heterocycles. The summed E-state index contributed by atoms with van der Waals surface area (Å²) in [6, 6.07) is 0. The molecule has 14 unspecified atom stereocenters. The largest absolute Gasteiger partial charge is 0.432 e. The lowest BCUT2D eigenvalue weighted by Gasteiger charge is -2.71. The van der Waals surface area contributed by atoms with Crippen LogP contribution in [0.15, 0.2) is 11.6 Å². The quantitative estimate of drug-likeness (QED) is 0.156. The zero-order valence-corrected chi connectivity index (χ0v) is 28.6. The van der Waals surface area contributed by atoms with Crippen LogP contribution in [0.5, 0.6) is 0 Å². The first kappa shape index (κ1) is 35.7. The Kier molecular flexibility index (Phi) is 8.88. The lowest BCUT2D eigenvalue weighted by atomic mass is 9.33. The van der Waals surface area contributed by atoms with E-state index in [0.29, 0.717) is 38.5 Å². The van der Waals surface area contributed by atoms with Gasteiger partial charge >= 0.3 is 5.97 Å². The zero-order chi connectivity index (χ0) is 34.5. The third-order valence-electron chi connectivity index (χ3n) is 15.3. The van der Waals surface area contributed by atoms with Gasteiger partial charge in [0.1, 0.15) is 24.4 Å². The van der Waals surface area contributed by atoms with Crippen molar-refractivity contribution in [3.63, 3.8) is 0 Å². The predicted molar refractivity (Wildman–Crippen MR) is 169 cm³/mol. The molecule has 6 rings (SSSR count). The van der Waals surface area contributed by atoms with E-state index in [1.807, 2.05) is 0 Å². The number of carbonyl (C=O) groups excluding carboxylic acids is 1. The topological polar surface area (TPSA) is 197 Å². The smallest absolute Gasteiger partial charge is 0.315 e. The van der Waals surface area contributed by atoms with Crippen molar-refractivity contribution in [2.24, 2.45) is 50.2 Å². The fourth-order valence-electron chi connectivity index (χ4n) is 12.2. The number of allylic oxidation sites excluding steroid dienone is 2. The van der Waals surface area contributed by atoms with Crippen LogP contribution in [0, 0.1) is 50.2 Å². The van der Waals surface area contributed by atoms with E-state index in [9.17, 15) is 45.6 Å². The number of esters is 1. The van der Waals surface area contributed by atoms with Crippen molar-refractivity contribution in [3.8, 4) is 0 Å². The van der Waals surface area contributed by atoms with Crippen LogP contribution in [0.3, 0.4) is 0 Å². The molecular weight excluding hydrogens is 608 g/mol. The fourth-order valence-corrected chi connectivity index (χ4v) is 12.2. The summed E-state index contributed by atoms with van der Waals surface area (Å²) in [7, 11) is 0. The molecule has 0 amide bonds. The van der Waals surface area contributed by atoms with Gasteiger partial charge in [-0.2, -0.15) is 0 Å². The minimum absolute atomic E-state index is 0.0382. The Morgan fingerprint density at radius 1 is 0.851 bits per heavy atom. The number of aliphatic hydroxyl groups excluding tert-OH is 8. The monoisotopic (exact) mass is 666 g/mol. The second-order valence-electron chi connectivity index (χ2n) is 17.7. The average molecular weight is 667 g/mol. The van der Waals surface area contributed by atoms with E-state index in [-0.39, 0.29) is 34.0 Å². The first-order valence-corrected chi connectivity index (χ1v) is 17.7. The number of ether oxygens (including phenoxy) is 2. The van der Waals surface area contributed by atoms with Crippen molar-refractivity contribution in [1.29, 1.82) is 0 Å². The lowest BCUT2D eigenvalue weighted by Crippen LogP contribution is -2.69. The number of hydrogen-bond acceptors (Lipinski definition) is 11. The standard InChI is InChI=1S/C36H58O11/c1-31(2)10-12-35(30(45)47-29-27(43)26(42)25(41)22(16-37)46-29)13-11-33(4)19(20(35)14-31)6-7-23-32(3)15-21(40)28(44)36(17-38,18-39)24(32)8-9-34(23,33)5/h6,20-29,37-44H,7-18H2,1-5H3. The van der Waals surface area contributed by atoms with Crippen LogP contribution in [0.25, 0.3) is 0 Å². The molecule has 0 radical (unpaired) electrons. The van der Waals surface area contributed by atoms with Crippen LogP contribution in [0.4, 0.5) is 0 Å². The van der Waals surface area contributed by atoms with Crippen LogP contribution in [0.1, 0.15) is 92.4 Å². The summed E-state index contributed by atoms with van der Waals surface area (Å²) in [5.41, 5.74) is -1.84. The average Bonchev–Trinajstić information content (AvgIpc) is 3.02. The highest BCUT2D eigenvalue weighted by molar-refractivity contribution is 5.79. The molecule has 6 aliphatic rings. The normalized spacial score (nSPS) is 51.8. The van der Waals surface area contributed by atoms with E-state index in [0.717, 1.165) is 19.3 Å². The highest BCUT2D eigenvalue weighted by atomic mass is 16.7. The van der Waals surface area contributed by atoms with Crippen LogP contribution < -0.4 is 0 Å². The summed E-state index contributed by atoms with van der Waals surface area (Å²) in [6.07, 6.45) is -1.49. The van der Waals surface area contributed by atoms with Gasteiger partial charge in [-0.25, -0.2) is 0 Å². The number of rotatable bonds is 5. The molecule has 47 heavy (non-hydrogen) atoms. The summed E-state index contributed by atoms with van der Waals surface area (Å²) in [4.78, 5) is 14.4. The Morgan fingerprint density at radius 3 is 2.15 bits per heavy atom. The summed E-state index contributed by atoms with van der Waals surface area (Å²) >= 11 is 0. The van der Waals surface area contributed by atoms with Gasteiger partial charge in [-0.1, -0.05) is 46.3 Å². The third kappa shape index (κ3) is 4.81. The SMILES string of the molecule is CC1(C)CCC2(C(=O)OC3OC(CO)C(O)C(O)C3O)CCC3(C)C(=CCC4C5(C)CC(O)C(O)C(CO)(CO)C5CCC43C)C2C1. The Hall–Kier alpha value is -1.15. The highest BCUT2D eigenvalue weighted by Gasteiger charge is 2.71. The minimum Gasteiger partial charge on any atom is -0.432 e. The Bertz CT molecular complexity index is 1250. The number of fused-ring (bicyclic) bond motifs is 7. The maximum absolute atomic E-state index is 14.4. The zero-order valence-electron chi connectivity index (χ0n) is 28.6. The van der Waals surface area contributed by atoms with Crippen molar-refractivity contribution >= 4 is 5.97 Å². The molecule has 8 N–H and O–H groups in total. The summed E-state index contributed by atoms with van der Waals surface area (Å²) in [6.45, 7) is 9.87. The molecule has 1 aliphatic heterocycles. The van der Waals surface area contributed by atoms with Gasteiger partial charge in [-0.05, 0) is 97.2 Å². The summed E-state index contributed by atoms with van der Waals surface area (Å²) < 4.78 is 11.5. The molecule has 0 aromatic carbocycles. The molecule has 5 fully saturated rings. The molecule has 0 bridgehead atoms. The first-order chi connectivity index (χ1) is 21.9. The van der Waals surface area contributed by atoms with Crippen LogP contribution in [-0.4, -0.2) is 110 Å². The first-order valence-electron chi connectivity index (χ1n) is 17.7. The van der Waals surface area contributed by atoms with Gasteiger partial charge in [0.05, 0.1) is 37.4 Å². The van der Waals surface area contributed by atoms with E-state index in [2.05, 4.69) is 40.7 Å². The maximum atomic E-state index is 14.4. The number of hydrogen-bond donors (Lipinski definition) is 8. The van der Waals surface area contributed by atoms with Gasteiger partial charge in [-0.15, -0.1) is 0 Å². The molecule has 268 valence electrons. The van der Waals surface area contributed by atoms with E-state index in [1.165, 1.54) is 5.57 Å². The molecule has 5 aliphatic carbocycles. The minimum atomic E-state index is -1.67. The van der Waals surface area contributed by atoms with Crippen molar-refractivity contribution in [2.75, 3.05) is 19.8 Å². The van der Waals surface area contributed by atoms with Gasteiger partial charge in [0.15, 0.2) is 0 Å². The molecule has 1 saturated heterocycles. The van der Waals surface area contributed by atoms with Crippen LogP contribution >= 0.6 is 0 Å². The van der Waals surface area contributed by atoms with E-state index in [1.54, 1.807) is 0 Å². The Labute approximate surface area is 278 Å². The van der Waals surface area contributed by atoms with E-state index in [4.69, 9.17) is 9.47 Å². The predicted octanol–water partition coefficient (Wildman–Crippen LogP) is 1.41. The fraction of sp³-hybridized carbons (Fsp3) is 0.917. The molecule has 0 aromatic heterocycles. The van der Waals surface area contributed by atoms with Crippen molar-refractivity contribution in [1.82, 2.24) is 0 Å². The Balaban J connectivity index is 1.37. The molecular formula is C36H58O11. The molecule has 11 heteroatoms. The van der Waals surface area contributed by atoms with Gasteiger partial charge in [0.25, 0.3) is 0 Å². The molecule has 0 spiro atoms. The van der Waals surface area contributed by atoms with Crippen LogP contribution in [-0.2, 0) is 14.3 Å². The lowest BCUT2D eigenvalue weighted by molar-refractivity contribution is -0.297. The van der Waals surface area contributed by atoms with Crippen molar-refractivity contribution in [2.45, 2.75) is 135 Å². The molecule has 4 saturated carbocycles. The maximum Gasteiger partial charge on any atom is 0.315 e. The van der Waals surface area contributed by atoms with Gasteiger partial charge in [0, 0.05) is 5.41 Å². The van der Waals surface area contributed by atoms with Gasteiger partial charge in [0.2, 0.25) is 6.29 Å². The van der Waals surface area contributed by atoms with Crippen molar-refractivity contribution in [3.05, 3.63) is 11.6 Å². The third-order valence-corrected chi connectivity index (χ3v) is 15.3. The van der Waals surface area contributed by atoms with Gasteiger partial charge < -0.3 is 50.3 Å². The Morgan fingerprint density at radius 2 is 1.51 bits per heavy atom. The van der Waals surface area contributed by atoms with E-state index < -0.39 is 84.9 Å². The molecule has 11 nitrogen and oxygen atoms in total. The second-order valence-corrected chi connectivity index (χ2v) is 17.7. The molecule has 14 atom stereocenters. The second kappa shape index (κ2) is 11.7. The summed E-state index contributed by atoms with van der Waals surface area (Å²) in [5, 5.41) is 84.4. The number of aliphatic hydroxyl groups is 8.